The van der Waals surface area contributed by atoms with E-state index in [2.05, 4.69) is 191 Å². The number of hydrogen-bond acceptors (Lipinski definition) is 3. The third kappa shape index (κ3) is 4.95. The van der Waals surface area contributed by atoms with Crippen LogP contribution in [-0.2, 0) is 6.42 Å². The predicted molar refractivity (Wildman–Crippen MR) is 241 cm³/mol. The molecule has 8 aromatic carbocycles. The minimum Gasteiger partial charge on any atom is -0.460 e. The largest absolute Gasteiger partial charge is 0.460 e. The molecular weight excluding hydrogens is 709 g/mol. The first kappa shape index (κ1) is 32.7. The van der Waals surface area contributed by atoms with Crippen LogP contribution in [0.25, 0.3) is 88.7 Å². The maximum atomic E-state index is 6.69. The maximum Gasteiger partial charge on any atom is 0.159 e. The topological polar surface area (TPSA) is 34.5 Å². The molecule has 4 nitrogen and oxygen atoms in total. The Balaban J connectivity index is 1.03. The fourth-order valence-corrected chi connectivity index (χ4v) is 9.32. The summed E-state index contributed by atoms with van der Waals surface area (Å²) in [6.45, 7) is 0. The van der Waals surface area contributed by atoms with Gasteiger partial charge in [0.2, 0.25) is 0 Å². The quantitative estimate of drug-likeness (QED) is 0.170. The number of hydrogen-bond donors (Lipinski definition) is 0. The highest BCUT2D eigenvalue weighted by Crippen LogP contribution is 2.47. The van der Waals surface area contributed by atoms with E-state index in [0.717, 1.165) is 85.4 Å². The first-order valence-electron chi connectivity index (χ1n) is 20.0. The summed E-state index contributed by atoms with van der Waals surface area (Å²) in [5.41, 5.74) is 15.0. The van der Waals surface area contributed by atoms with Crippen molar-refractivity contribution in [3.8, 4) is 27.9 Å². The first-order chi connectivity index (χ1) is 28.8. The van der Waals surface area contributed by atoms with E-state index in [-0.39, 0.29) is 0 Å². The molecule has 3 aromatic heterocycles. The molecule has 0 spiro atoms. The molecular formula is C54H36N2O2. The lowest BCUT2D eigenvalue weighted by Crippen LogP contribution is -2.11. The SMILES string of the molecule is C1=Cc2c(oc3cccc(N(c4ccc(-c5ccccc5-c5ccccc5-n5c6ccccc6c6ccccc65)cc4)c4cccc5c4oc4ccccc45)c23)CC1. The number of aryl methyl sites for hydroxylation is 1. The van der Waals surface area contributed by atoms with Crippen LogP contribution in [-0.4, -0.2) is 4.57 Å². The van der Waals surface area contributed by atoms with Gasteiger partial charge in [0.1, 0.15) is 16.9 Å². The molecule has 0 radical (unpaired) electrons. The molecule has 0 N–H and O–H groups in total. The van der Waals surface area contributed by atoms with Crippen LogP contribution >= 0.6 is 0 Å². The average Bonchev–Trinajstić information content (AvgIpc) is 3.97. The van der Waals surface area contributed by atoms with Gasteiger partial charge in [-0.2, -0.15) is 0 Å². The van der Waals surface area contributed by atoms with Crippen molar-refractivity contribution in [2.75, 3.05) is 4.90 Å². The van der Waals surface area contributed by atoms with Crippen molar-refractivity contribution >= 4 is 77.9 Å². The lowest BCUT2D eigenvalue weighted by atomic mass is 9.93. The Morgan fingerprint density at radius 2 is 1.09 bits per heavy atom. The van der Waals surface area contributed by atoms with Crippen LogP contribution < -0.4 is 4.90 Å². The molecule has 0 bridgehead atoms. The van der Waals surface area contributed by atoms with Crippen LogP contribution in [0.5, 0.6) is 0 Å². The second-order valence-corrected chi connectivity index (χ2v) is 15.1. The summed E-state index contributed by atoms with van der Waals surface area (Å²) in [5.74, 6) is 1.04. The lowest BCUT2D eigenvalue weighted by Gasteiger charge is -2.27. The molecule has 0 saturated carbocycles. The smallest absolute Gasteiger partial charge is 0.159 e. The van der Waals surface area contributed by atoms with Gasteiger partial charge in [0.05, 0.1) is 33.5 Å². The van der Waals surface area contributed by atoms with E-state index in [0.29, 0.717) is 0 Å². The third-order valence-electron chi connectivity index (χ3n) is 11.9. The van der Waals surface area contributed by atoms with Crippen molar-refractivity contribution in [1.82, 2.24) is 4.57 Å². The van der Waals surface area contributed by atoms with Gasteiger partial charge in [-0.1, -0.05) is 140 Å². The number of benzene rings is 8. The van der Waals surface area contributed by atoms with E-state index in [1.54, 1.807) is 0 Å². The summed E-state index contributed by atoms with van der Waals surface area (Å²) in [6.07, 6.45) is 6.36. The first-order valence-corrected chi connectivity index (χ1v) is 20.0. The number of para-hydroxylation sites is 5. The Morgan fingerprint density at radius 1 is 0.466 bits per heavy atom. The molecule has 11 aromatic rings. The highest BCUT2D eigenvalue weighted by atomic mass is 16.3. The zero-order valence-electron chi connectivity index (χ0n) is 31.6. The molecule has 12 rings (SSSR count). The van der Waals surface area contributed by atoms with Gasteiger partial charge < -0.3 is 18.3 Å². The standard InChI is InChI=1S/C54H36N2O2/c1-2-16-38(39-17-3-8-23-45(39)56-46-24-9-4-18-40(46)41-19-5-10-25-47(41)56)37(15-1)35-31-33-36(34-32-35)55(48-26-14-30-52-53(48)44-21-7-12-29-51(44)57-52)49-27-13-22-43-42-20-6-11-28-50(42)58-54(43)49/h1-11,13-28,30-34H,12,29H2. The number of rotatable bonds is 6. The van der Waals surface area contributed by atoms with Crippen molar-refractivity contribution in [2.24, 2.45) is 0 Å². The second kappa shape index (κ2) is 13.0. The Hall–Kier alpha value is -7.56. The third-order valence-corrected chi connectivity index (χ3v) is 11.9. The molecule has 1 aliphatic rings. The van der Waals surface area contributed by atoms with Crippen LogP contribution in [0.15, 0.2) is 197 Å². The molecule has 4 heteroatoms. The number of fused-ring (bicyclic) bond motifs is 9. The summed E-state index contributed by atoms with van der Waals surface area (Å²) in [7, 11) is 0. The minimum absolute atomic E-state index is 0.852. The number of anilines is 3. The van der Waals surface area contributed by atoms with E-state index in [1.807, 2.05) is 12.1 Å². The molecule has 0 saturated heterocycles. The van der Waals surface area contributed by atoms with Crippen LogP contribution in [0, 0.1) is 0 Å². The Labute approximate surface area is 335 Å². The fraction of sp³-hybridized carbons (Fsp3) is 0.0370. The van der Waals surface area contributed by atoms with Crippen molar-refractivity contribution in [1.29, 1.82) is 0 Å². The van der Waals surface area contributed by atoms with E-state index in [1.165, 1.54) is 38.5 Å². The van der Waals surface area contributed by atoms with E-state index >= 15 is 0 Å². The highest BCUT2D eigenvalue weighted by molar-refractivity contribution is 6.13. The van der Waals surface area contributed by atoms with Crippen LogP contribution in [0.3, 0.4) is 0 Å². The molecule has 0 aliphatic heterocycles. The van der Waals surface area contributed by atoms with Crippen molar-refractivity contribution < 1.29 is 8.83 Å². The normalized spacial score (nSPS) is 12.6. The lowest BCUT2D eigenvalue weighted by molar-refractivity contribution is 0.546. The molecule has 274 valence electrons. The average molecular weight is 745 g/mol. The van der Waals surface area contributed by atoms with Gasteiger partial charge in [-0.25, -0.2) is 0 Å². The summed E-state index contributed by atoms with van der Waals surface area (Å²) in [4.78, 5) is 2.35. The minimum atomic E-state index is 0.852. The monoisotopic (exact) mass is 744 g/mol. The van der Waals surface area contributed by atoms with Gasteiger partial charge >= 0.3 is 0 Å². The van der Waals surface area contributed by atoms with E-state index in [9.17, 15) is 0 Å². The van der Waals surface area contributed by atoms with Gasteiger partial charge in [0, 0.05) is 44.8 Å². The summed E-state index contributed by atoms with van der Waals surface area (Å²) >= 11 is 0. The summed E-state index contributed by atoms with van der Waals surface area (Å²) in [6, 6.07) is 65.1. The Kier molecular flexibility index (Phi) is 7.32. The summed E-state index contributed by atoms with van der Waals surface area (Å²) < 4.78 is 15.6. The van der Waals surface area contributed by atoms with E-state index < -0.39 is 0 Å². The molecule has 0 amide bonds. The van der Waals surface area contributed by atoms with Gasteiger partial charge in [-0.15, -0.1) is 0 Å². The highest BCUT2D eigenvalue weighted by Gasteiger charge is 2.25. The number of nitrogens with zero attached hydrogens (tertiary/aromatic N) is 2. The molecule has 0 atom stereocenters. The molecule has 3 heterocycles. The van der Waals surface area contributed by atoms with Crippen molar-refractivity contribution in [3.05, 3.63) is 199 Å². The molecule has 1 aliphatic carbocycles. The van der Waals surface area contributed by atoms with E-state index in [4.69, 9.17) is 8.83 Å². The molecule has 58 heavy (non-hydrogen) atoms. The van der Waals surface area contributed by atoms with Crippen molar-refractivity contribution in [3.63, 3.8) is 0 Å². The zero-order chi connectivity index (χ0) is 38.2. The Bertz CT molecular complexity index is 3360. The zero-order valence-corrected chi connectivity index (χ0v) is 31.6. The number of aromatic nitrogens is 1. The van der Waals surface area contributed by atoms with Gasteiger partial charge in [0.15, 0.2) is 5.58 Å². The molecule has 0 unspecified atom stereocenters. The number of furan rings is 2. The Morgan fingerprint density at radius 3 is 1.90 bits per heavy atom. The van der Waals surface area contributed by atoms with Gasteiger partial charge in [-0.05, 0) is 77.7 Å². The predicted octanol–water partition coefficient (Wildman–Crippen LogP) is 15.2. The van der Waals surface area contributed by atoms with Crippen LogP contribution in [0.1, 0.15) is 17.7 Å². The second-order valence-electron chi connectivity index (χ2n) is 15.1. The van der Waals surface area contributed by atoms with Gasteiger partial charge in [-0.3, -0.25) is 0 Å². The van der Waals surface area contributed by atoms with Crippen molar-refractivity contribution in [2.45, 2.75) is 12.8 Å². The number of allylic oxidation sites excluding steroid dienone is 1. The van der Waals surface area contributed by atoms with Gasteiger partial charge in [0.25, 0.3) is 0 Å². The fourth-order valence-electron chi connectivity index (χ4n) is 9.32. The van der Waals surface area contributed by atoms with Crippen LogP contribution in [0.4, 0.5) is 17.1 Å². The molecule has 0 fully saturated rings. The summed E-state index contributed by atoms with van der Waals surface area (Å²) in [5, 5.41) is 5.81. The van der Waals surface area contributed by atoms with Crippen LogP contribution in [0.2, 0.25) is 0 Å². The maximum absolute atomic E-state index is 6.69.